The van der Waals surface area contributed by atoms with E-state index in [1.807, 2.05) is 5.48 Å². The third kappa shape index (κ3) is 5.18. The Kier molecular flexibility index (Phi) is 6.64. The van der Waals surface area contributed by atoms with Crippen LogP contribution < -0.4 is 10.8 Å². The maximum Gasteiger partial charge on any atom is 0.182 e. The van der Waals surface area contributed by atoms with E-state index >= 15 is 0 Å². The molecule has 2 heterocycles. The second-order valence-electron chi connectivity index (χ2n) is 6.34. The Morgan fingerprint density at radius 1 is 1.41 bits per heavy atom. The van der Waals surface area contributed by atoms with E-state index in [0.717, 1.165) is 25.9 Å². The molecule has 0 radical (unpaired) electrons. The molecule has 27 heavy (non-hydrogen) atoms. The highest BCUT2D eigenvalue weighted by Crippen LogP contribution is 2.23. The second-order valence-corrected chi connectivity index (χ2v) is 7.20. The maximum atomic E-state index is 13.4. The number of nitrogens with one attached hydrogen (secondary N) is 2. The Morgan fingerprint density at radius 3 is 2.89 bits per heavy atom. The van der Waals surface area contributed by atoms with Crippen LogP contribution in [0.2, 0.25) is 0 Å². The van der Waals surface area contributed by atoms with Gasteiger partial charge in [0, 0.05) is 6.42 Å². The SMILES string of the molecule is O=C(Cc1nonc1C(=Nc1ccc(F)c(Br)c1)NO)CC1CCNCC1. The summed E-state index contributed by atoms with van der Waals surface area (Å²) in [7, 11) is 0. The molecule has 0 bridgehead atoms. The van der Waals surface area contributed by atoms with Crippen LogP contribution in [0.3, 0.4) is 0 Å². The summed E-state index contributed by atoms with van der Waals surface area (Å²) in [6.07, 6.45) is 2.45. The number of rotatable bonds is 6. The predicted molar refractivity (Wildman–Crippen MR) is 98.4 cm³/mol. The van der Waals surface area contributed by atoms with Crippen molar-refractivity contribution in [1.29, 1.82) is 0 Å². The summed E-state index contributed by atoms with van der Waals surface area (Å²) in [4.78, 5) is 16.6. The van der Waals surface area contributed by atoms with Crippen molar-refractivity contribution in [3.05, 3.63) is 39.9 Å². The van der Waals surface area contributed by atoms with E-state index in [-0.39, 0.29) is 33.9 Å². The van der Waals surface area contributed by atoms with Crippen molar-refractivity contribution in [3.8, 4) is 0 Å². The average Bonchev–Trinajstić information content (AvgIpc) is 3.11. The van der Waals surface area contributed by atoms with Crippen molar-refractivity contribution in [2.24, 2.45) is 10.9 Å². The molecule has 3 rings (SSSR count). The third-order valence-electron chi connectivity index (χ3n) is 4.37. The molecule has 1 fully saturated rings. The number of hydrogen-bond acceptors (Lipinski definition) is 7. The van der Waals surface area contributed by atoms with Crippen LogP contribution in [0, 0.1) is 11.7 Å². The van der Waals surface area contributed by atoms with Gasteiger partial charge in [-0.05, 0) is 71.1 Å². The highest BCUT2D eigenvalue weighted by Gasteiger charge is 2.22. The standard InChI is InChI=1S/C17H19BrFN5O3/c18-13-8-11(1-2-14(13)19)21-17(22-26)16-15(23-27-24-16)9-12(25)7-10-3-5-20-6-4-10/h1-2,8,10,20,26H,3-7,9H2,(H,21,22). The smallest absolute Gasteiger partial charge is 0.182 e. The van der Waals surface area contributed by atoms with Crippen LogP contribution in [-0.4, -0.2) is 40.2 Å². The number of aliphatic imine (C=N–C) groups is 1. The lowest BCUT2D eigenvalue weighted by Crippen LogP contribution is -2.29. The molecular formula is C17H19BrFN5O3. The number of carbonyl (C=O) groups excluding carboxylic acids is 1. The van der Waals surface area contributed by atoms with Crippen molar-refractivity contribution in [2.75, 3.05) is 13.1 Å². The number of Topliss-reactive ketones (excluding diaryl/α,β-unsaturated/α-hetero) is 1. The zero-order valence-corrected chi connectivity index (χ0v) is 16.0. The zero-order valence-electron chi connectivity index (χ0n) is 14.4. The number of ketones is 1. The molecule has 0 aliphatic carbocycles. The van der Waals surface area contributed by atoms with Crippen molar-refractivity contribution in [1.82, 2.24) is 21.1 Å². The molecule has 1 aromatic heterocycles. The van der Waals surface area contributed by atoms with Crippen LogP contribution in [-0.2, 0) is 11.2 Å². The van der Waals surface area contributed by atoms with Crippen LogP contribution in [0.5, 0.6) is 0 Å². The summed E-state index contributed by atoms with van der Waals surface area (Å²) in [5, 5.41) is 20.2. The lowest BCUT2D eigenvalue weighted by molar-refractivity contribution is -0.119. The Labute approximate surface area is 163 Å². The average molecular weight is 440 g/mol. The van der Waals surface area contributed by atoms with E-state index in [4.69, 9.17) is 4.63 Å². The largest absolute Gasteiger partial charge is 0.317 e. The van der Waals surface area contributed by atoms with Gasteiger partial charge in [0.05, 0.1) is 16.6 Å². The predicted octanol–water partition coefficient (Wildman–Crippen LogP) is 2.53. The fraction of sp³-hybridized carbons (Fsp3) is 0.412. The van der Waals surface area contributed by atoms with Crippen LogP contribution in [0.25, 0.3) is 0 Å². The topological polar surface area (TPSA) is 113 Å². The van der Waals surface area contributed by atoms with Crippen molar-refractivity contribution in [3.63, 3.8) is 0 Å². The van der Waals surface area contributed by atoms with Gasteiger partial charge >= 0.3 is 0 Å². The first-order chi connectivity index (χ1) is 13.1. The number of hydroxylamine groups is 1. The fourth-order valence-electron chi connectivity index (χ4n) is 2.98. The van der Waals surface area contributed by atoms with Gasteiger partial charge in [-0.15, -0.1) is 0 Å². The van der Waals surface area contributed by atoms with Crippen LogP contribution in [0.1, 0.15) is 30.7 Å². The molecule has 1 aliphatic heterocycles. The van der Waals surface area contributed by atoms with Crippen molar-refractivity contribution >= 4 is 33.2 Å². The van der Waals surface area contributed by atoms with Gasteiger partial charge in [0.2, 0.25) is 0 Å². The molecule has 3 N–H and O–H groups in total. The summed E-state index contributed by atoms with van der Waals surface area (Å²) < 4.78 is 18.3. The molecule has 10 heteroatoms. The van der Waals surface area contributed by atoms with Gasteiger partial charge in [-0.3, -0.25) is 15.5 Å². The van der Waals surface area contributed by atoms with Gasteiger partial charge in [-0.2, -0.15) is 0 Å². The van der Waals surface area contributed by atoms with Gasteiger partial charge in [-0.25, -0.2) is 14.0 Å². The lowest BCUT2D eigenvalue weighted by Gasteiger charge is -2.21. The lowest BCUT2D eigenvalue weighted by atomic mass is 9.91. The Hall–Kier alpha value is -2.17. The number of piperidine rings is 1. The van der Waals surface area contributed by atoms with E-state index in [9.17, 15) is 14.4 Å². The molecule has 2 aromatic rings. The number of benzene rings is 1. The quantitative estimate of drug-likeness (QED) is 0.360. The highest BCUT2D eigenvalue weighted by molar-refractivity contribution is 9.10. The summed E-state index contributed by atoms with van der Waals surface area (Å²) in [5.74, 6) is -0.0809. The summed E-state index contributed by atoms with van der Waals surface area (Å²) in [6, 6.07) is 4.12. The minimum Gasteiger partial charge on any atom is -0.317 e. The van der Waals surface area contributed by atoms with Crippen molar-refractivity contribution in [2.45, 2.75) is 25.7 Å². The Bertz CT molecular complexity index is 836. The number of nitrogens with zero attached hydrogens (tertiary/aromatic N) is 3. The number of hydrogen-bond donors (Lipinski definition) is 3. The van der Waals surface area contributed by atoms with E-state index in [0.29, 0.717) is 18.0 Å². The molecular weight excluding hydrogens is 421 g/mol. The van der Waals surface area contributed by atoms with Gasteiger partial charge in [0.1, 0.15) is 17.3 Å². The number of amidine groups is 1. The van der Waals surface area contributed by atoms with E-state index in [2.05, 4.69) is 36.6 Å². The Balaban J connectivity index is 1.74. The molecule has 0 unspecified atom stereocenters. The fourth-order valence-corrected chi connectivity index (χ4v) is 3.35. The molecule has 1 aliphatic rings. The summed E-state index contributed by atoms with van der Waals surface area (Å²) >= 11 is 3.08. The maximum absolute atomic E-state index is 13.4. The van der Waals surface area contributed by atoms with Gasteiger partial charge in [0.15, 0.2) is 11.5 Å². The van der Waals surface area contributed by atoms with Crippen LogP contribution in [0.4, 0.5) is 10.1 Å². The molecule has 0 amide bonds. The summed E-state index contributed by atoms with van der Waals surface area (Å²) in [5.41, 5.74) is 2.73. The molecule has 1 saturated heterocycles. The number of aromatic nitrogens is 2. The third-order valence-corrected chi connectivity index (χ3v) is 4.98. The Morgan fingerprint density at radius 2 is 2.19 bits per heavy atom. The molecule has 0 saturated carbocycles. The second kappa shape index (κ2) is 9.16. The first-order valence-electron chi connectivity index (χ1n) is 8.55. The first kappa shape index (κ1) is 19.6. The van der Waals surface area contributed by atoms with Crippen LogP contribution in [0.15, 0.2) is 32.3 Å². The minimum atomic E-state index is -0.431. The normalized spacial score (nSPS) is 15.7. The van der Waals surface area contributed by atoms with Gasteiger partial charge in [0.25, 0.3) is 0 Å². The minimum absolute atomic E-state index is 0.0284. The molecule has 0 atom stereocenters. The van der Waals surface area contributed by atoms with Crippen LogP contribution >= 0.6 is 15.9 Å². The monoisotopic (exact) mass is 439 g/mol. The van der Waals surface area contributed by atoms with Crippen molar-refractivity contribution < 1.29 is 19.0 Å². The summed E-state index contributed by atoms with van der Waals surface area (Å²) in [6.45, 7) is 1.85. The van der Waals surface area contributed by atoms with E-state index < -0.39 is 5.82 Å². The number of carbonyl (C=O) groups is 1. The van der Waals surface area contributed by atoms with E-state index in [1.165, 1.54) is 18.2 Å². The molecule has 144 valence electrons. The van der Waals surface area contributed by atoms with Gasteiger partial charge < -0.3 is 5.32 Å². The highest BCUT2D eigenvalue weighted by atomic mass is 79.9. The molecule has 1 aromatic carbocycles. The zero-order chi connectivity index (χ0) is 19.2. The van der Waals surface area contributed by atoms with Gasteiger partial charge in [-0.1, -0.05) is 5.16 Å². The molecule has 8 nitrogen and oxygen atoms in total. The number of halogens is 2. The molecule has 0 spiro atoms. The van der Waals surface area contributed by atoms with E-state index in [1.54, 1.807) is 0 Å². The first-order valence-corrected chi connectivity index (χ1v) is 9.34.